The average Bonchev–Trinajstić information content (AvgIpc) is 2.87. The third-order valence-electron chi connectivity index (χ3n) is 2.79. The molecule has 0 spiro atoms. The van der Waals surface area contributed by atoms with Crippen molar-refractivity contribution in [3.05, 3.63) is 23.8 Å². The Morgan fingerprint density at radius 1 is 1.50 bits per heavy atom. The van der Waals surface area contributed by atoms with Crippen LogP contribution in [0.2, 0.25) is 0 Å². The van der Waals surface area contributed by atoms with Crippen LogP contribution in [0.3, 0.4) is 0 Å². The molecule has 1 aliphatic heterocycles. The molecule has 0 bridgehead atoms. The van der Waals surface area contributed by atoms with Crippen LogP contribution in [0.1, 0.15) is 10.9 Å². The largest absolute Gasteiger partial charge is 0.493 e. The van der Waals surface area contributed by atoms with Gasteiger partial charge in [-0.25, -0.2) is 0 Å². The van der Waals surface area contributed by atoms with Crippen LogP contribution in [0.4, 0.5) is 8.78 Å². The highest BCUT2D eigenvalue weighted by Gasteiger charge is 2.30. The zero-order valence-electron chi connectivity index (χ0n) is 10.5. The molecule has 0 amide bonds. The fourth-order valence-corrected chi connectivity index (χ4v) is 3.07. The number of carboxylic acid groups (broad SMARTS) is 1. The molecule has 1 fully saturated rings. The molecule has 20 heavy (non-hydrogen) atoms. The Kier molecular flexibility index (Phi) is 4.66. The maximum absolute atomic E-state index is 12.3. The topological polar surface area (TPSA) is 67.8 Å². The Bertz CT molecular complexity index is 500. The number of aliphatic carboxylic acids is 1. The van der Waals surface area contributed by atoms with E-state index in [0.717, 1.165) is 0 Å². The monoisotopic (exact) mass is 305 g/mol. The number of carboxylic acids is 1. The first-order chi connectivity index (χ1) is 9.51. The fraction of sp³-hybridized carbons (Fsp3) is 0.417. The normalized spacial score (nSPS) is 22.0. The SMILES string of the molecule is COc1ccc(C2N[C@H](C(=O)O)CS2)cc1OC(F)F. The van der Waals surface area contributed by atoms with Gasteiger partial charge in [0.15, 0.2) is 11.5 Å². The molecule has 1 unspecified atom stereocenters. The second kappa shape index (κ2) is 6.27. The first kappa shape index (κ1) is 14.9. The van der Waals surface area contributed by atoms with Gasteiger partial charge in [0.2, 0.25) is 0 Å². The summed E-state index contributed by atoms with van der Waals surface area (Å²) in [6, 6.07) is 3.99. The van der Waals surface area contributed by atoms with E-state index in [1.54, 1.807) is 6.07 Å². The summed E-state index contributed by atoms with van der Waals surface area (Å²) in [5.41, 5.74) is 0.662. The van der Waals surface area contributed by atoms with Gasteiger partial charge in [0.05, 0.1) is 12.5 Å². The molecule has 110 valence electrons. The number of halogens is 2. The summed E-state index contributed by atoms with van der Waals surface area (Å²) in [7, 11) is 1.36. The van der Waals surface area contributed by atoms with Gasteiger partial charge in [-0.1, -0.05) is 6.07 Å². The molecule has 1 saturated heterocycles. The standard InChI is InChI=1S/C12H13F2NO4S/c1-18-8-3-2-6(4-9(8)19-12(13)14)10-15-7(5-20-10)11(16)17/h2-4,7,10,12,15H,5H2,1H3,(H,16,17)/t7-,10?/m0/s1. The minimum absolute atomic E-state index is 0.0684. The van der Waals surface area contributed by atoms with Crippen molar-refractivity contribution in [2.24, 2.45) is 0 Å². The van der Waals surface area contributed by atoms with Crippen molar-refractivity contribution in [1.82, 2.24) is 5.32 Å². The molecule has 2 N–H and O–H groups in total. The van der Waals surface area contributed by atoms with Crippen LogP contribution in [0, 0.1) is 0 Å². The summed E-state index contributed by atoms with van der Waals surface area (Å²) >= 11 is 1.40. The second-order valence-corrected chi connectivity index (χ2v) is 5.20. The number of rotatable bonds is 5. The highest BCUT2D eigenvalue weighted by molar-refractivity contribution is 7.99. The third-order valence-corrected chi connectivity index (χ3v) is 4.05. The highest BCUT2D eigenvalue weighted by Crippen LogP contribution is 2.37. The van der Waals surface area contributed by atoms with E-state index in [4.69, 9.17) is 9.84 Å². The molecular formula is C12H13F2NO4S. The number of methoxy groups -OCH3 is 1. The van der Waals surface area contributed by atoms with Crippen LogP contribution in [-0.2, 0) is 4.79 Å². The Morgan fingerprint density at radius 2 is 2.25 bits per heavy atom. The molecule has 2 atom stereocenters. The lowest BCUT2D eigenvalue weighted by atomic mass is 10.2. The van der Waals surface area contributed by atoms with Gasteiger partial charge in [-0.15, -0.1) is 11.8 Å². The fourth-order valence-electron chi connectivity index (χ4n) is 1.85. The molecule has 1 aromatic rings. The lowest BCUT2D eigenvalue weighted by molar-refractivity contribution is -0.138. The van der Waals surface area contributed by atoms with E-state index in [-0.39, 0.29) is 16.9 Å². The zero-order chi connectivity index (χ0) is 14.7. The van der Waals surface area contributed by atoms with Crippen LogP contribution in [-0.4, -0.2) is 36.6 Å². The van der Waals surface area contributed by atoms with Crippen molar-refractivity contribution in [3.8, 4) is 11.5 Å². The zero-order valence-corrected chi connectivity index (χ0v) is 11.3. The molecule has 1 aliphatic rings. The van der Waals surface area contributed by atoms with E-state index in [9.17, 15) is 13.6 Å². The summed E-state index contributed by atoms with van der Waals surface area (Å²) in [4.78, 5) is 10.9. The Morgan fingerprint density at radius 3 is 2.80 bits per heavy atom. The van der Waals surface area contributed by atoms with Gasteiger partial charge in [0.1, 0.15) is 6.04 Å². The molecule has 1 heterocycles. The van der Waals surface area contributed by atoms with E-state index in [2.05, 4.69) is 10.1 Å². The van der Waals surface area contributed by atoms with Crippen molar-refractivity contribution >= 4 is 17.7 Å². The number of carbonyl (C=O) groups is 1. The van der Waals surface area contributed by atoms with Crippen LogP contribution >= 0.6 is 11.8 Å². The number of benzene rings is 1. The number of thioether (sulfide) groups is 1. The predicted molar refractivity (Wildman–Crippen MR) is 69.4 cm³/mol. The minimum atomic E-state index is -2.95. The number of nitrogens with one attached hydrogen (secondary N) is 1. The number of alkyl halides is 2. The van der Waals surface area contributed by atoms with Crippen LogP contribution in [0.25, 0.3) is 0 Å². The summed E-state index contributed by atoms with van der Waals surface area (Å²) in [6.07, 6.45) is 0. The van der Waals surface area contributed by atoms with E-state index < -0.39 is 18.6 Å². The van der Waals surface area contributed by atoms with Crippen molar-refractivity contribution in [3.63, 3.8) is 0 Å². The van der Waals surface area contributed by atoms with Crippen LogP contribution < -0.4 is 14.8 Å². The molecule has 1 aromatic carbocycles. The average molecular weight is 305 g/mol. The summed E-state index contributed by atoms with van der Waals surface area (Å²) in [5, 5.41) is 11.5. The number of hydrogen-bond acceptors (Lipinski definition) is 5. The van der Waals surface area contributed by atoms with Gasteiger partial charge in [-0.2, -0.15) is 8.78 Å². The van der Waals surface area contributed by atoms with Gasteiger partial charge in [-0.05, 0) is 17.7 Å². The molecule has 8 heteroatoms. The van der Waals surface area contributed by atoms with Gasteiger partial charge in [0.25, 0.3) is 0 Å². The summed E-state index contributed by atoms with van der Waals surface area (Å²) in [5.74, 6) is -0.387. The lowest BCUT2D eigenvalue weighted by Crippen LogP contribution is -2.33. The van der Waals surface area contributed by atoms with Crippen LogP contribution in [0.5, 0.6) is 11.5 Å². The van der Waals surface area contributed by atoms with E-state index in [1.165, 1.54) is 31.0 Å². The molecule has 0 saturated carbocycles. The smallest absolute Gasteiger partial charge is 0.387 e. The first-order valence-corrected chi connectivity index (χ1v) is 6.79. The van der Waals surface area contributed by atoms with Crippen molar-refractivity contribution < 1.29 is 28.2 Å². The maximum atomic E-state index is 12.3. The highest BCUT2D eigenvalue weighted by atomic mass is 32.2. The Labute approximate surface area is 118 Å². The second-order valence-electron chi connectivity index (χ2n) is 4.06. The van der Waals surface area contributed by atoms with Gasteiger partial charge < -0.3 is 14.6 Å². The van der Waals surface area contributed by atoms with Gasteiger partial charge >= 0.3 is 12.6 Å². The van der Waals surface area contributed by atoms with Crippen molar-refractivity contribution in [2.45, 2.75) is 18.0 Å². The third kappa shape index (κ3) is 3.31. The summed E-state index contributed by atoms with van der Waals surface area (Å²) < 4.78 is 34.0. The molecule has 2 rings (SSSR count). The summed E-state index contributed by atoms with van der Waals surface area (Å²) in [6.45, 7) is -2.95. The minimum Gasteiger partial charge on any atom is -0.493 e. The van der Waals surface area contributed by atoms with Gasteiger partial charge in [-0.3, -0.25) is 10.1 Å². The molecule has 5 nitrogen and oxygen atoms in total. The lowest BCUT2D eigenvalue weighted by Gasteiger charge is -2.15. The maximum Gasteiger partial charge on any atom is 0.387 e. The predicted octanol–water partition coefficient (Wildman–Crippen LogP) is 2.08. The quantitative estimate of drug-likeness (QED) is 0.868. The van der Waals surface area contributed by atoms with E-state index in [1.807, 2.05) is 0 Å². The van der Waals surface area contributed by atoms with Crippen LogP contribution in [0.15, 0.2) is 18.2 Å². The first-order valence-electron chi connectivity index (χ1n) is 5.74. The molecule has 0 aromatic heterocycles. The molecule has 0 aliphatic carbocycles. The van der Waals surface area contributed by atoms with E-state index in [0.29, 0.717) is 11.3 Å². The van der Waals surface area contributed by atoms with Crippen molar-refractivity contribution in [2.75, 3.05) is 12.9 Å². The van der Waals surface area contributed by atoms with Gasteiger partial charge in [0, 0.05) is 5.75 Å². The Balaban J connectivity index is 2.19. The molecule has 0 radical (unpaired) electrons. The number of ether oxygens (including phenoxy) is 2. The van der Waals surface area contributed by atoms with E-state index >= 15 is 0 Å². The van der Waals surface area contributed by atoms with Crippen molar-refractivity contribution in [1.29, 1.82) is 0 Å². The number of hydrogen-bond donors (Lipinski definition) is 2. The Hall–Kier alpha value is -1.54. The molecular weight excluding hydrogens is 292 g/mol.